The van der Waals surface area contributed by atoms with Gasteiger partial charge in [0.1, 0.15) is 0 Å². The zero-order chi connectivity index (χ0) is 8.91. The van der Waals surface area contributed by atoms with Gasteiger partial charge in [-0.15, -0.1) is 35.3 Å². The minimum absolute atomic E-state index is 0.603. The van der Waals surface area contributed by atoms with Crippen LogP contribution in [0.25, 0.3) is 0 Å². The fourth-order valence-corrected chi connectivity index (χ4v) is 3.07. The van der Waals surface area contributed by atoms with E-state index in [4.69, 9.17) is 14.9 Å². The van der Waals surface area contributed by atoms with Gasteiger partial charge in [-0.3, -0.25) is 4.74 Å². The van der Waals surface area contributed by atoms with Gasteiger partial charge in [-0.2, -0.15) is 0 Å². The van der Waals surface area contributed by atoms with Crippen molar-refractivity contribution in [3.63, 3.8) is 0 Å². The predicted octanol–water partition coefficient (Wildman–Crippen LogP) is 0.971. The van der Waals surface area contributed by atoms with E-state index in [1.54, 1.807) is 0 Å². The van der Waals surface area contributed by atoms with Crippen molar-refractivity contribution >= 4 is 35.3 Å². The van der Waals surface area contributed by atoms with Crippen LogP contribution in [0.3, 0.4) is 0 Å². The van der Waals surface area contributed by atoms with Gasteiger partial charge in [0, 0.05) is 0 Å². The third-order valence-corrected chi connectivity index (χ3v) is 5.79. The molecular formula is C5H12O3S3. The number of ether oxygens (including phenoxy) is 1. The second kappa shape index (κ2) is 5.55. The third-order valence-electron chi connectivity index (χ3n) is 1.000. The molecule has 0 aliphatic rings. The fourth-order valence-electron chi connectivity index (χ4n) is 0.523. The van der Waals surface area contributed by atoms with Crippen molar-refractivity contribution in [1.29, 1.82) is 0 Å². The average molecular weight is 216 g/mol. The van der Waals surface area contributed by atoms with E-state index in [0.717, 1.165) is 0 Å². The van der Waals surface area contributed by atoms with Gasteiger partial charge in [0.15, 0.2) is 0 Å². The Balaban J connectivity index is 4.05. The molecule has 0 unspecified atom stereocenters. The summed E-state index contributed by atoms with van der Waals surface area (Å²) in [6.45, 7) is -1.71. The molecule has 0 atom stereocenters. The molecule has 0 radical (unpaired) electrons. The summed E-state index contributed by atoms with van der Waals surface area (Å²) in [6, 6.07) is 0. The highest BCUT2D eigenvalue weighted by atomic mass is 32.3. The van der Waals surface area contributed by atoms with E-state index in [2.05, 4.69) is 0 Å². The molecule has 11 heavy (non-hydrogen) atoms. The average Bonchev–Trinajstić information content (AvgIpc) is 2.00. The number of aliphatic hydroxyl groups is 2. The molecule has 0 amide bonds. The maximum atomic E-state index is 8.57. The van der Waals surface area contributed by atoms with Crippen molar-refractivity contribution < 1.29 is 14.9 Å². The molecule has 0 aromatic heterocycles. The highest BCUT2D eigenvalue weighted by Crippen LogP contribution is 2.44. The highest BCUT2D eigenvalue weighted by molar-refractivity contribution is 8.32. The van der Waals surface area contributed by atoms with Crippen molar-refractivity contribution in [2.45, 2.75) is 10.1 Å². The number of aliphatic hydroxyl groups excluding tert-OH is 1. The van der Waals surface area contributed by atoms with Crippen LogP contribution in [0.4, 0.5) is 0 Å². The van der Waals surface area contributed by atoms with Crippen molar-refractivity contribution in [3.05, 3.63) is 0 Å². The summed E-state index contributed by atoms with van der Waals surface area (Å²) >= 11 is 4.29. The Kier molecular flexibility index (Phi) is 6.02. The standard InChI is InChI=1S/C5H12O3S3/c1-9-5(10-2,11-3)8-4(6)7/h4,6-7H,1-3H3. The van der Waals surface area contributed by atoms with Gasteiger partial charge in [0.05, 0.1) is 0 Å². The maximum Gasteiger partial charge on any atom is 0.269 e. The Labute approximate surface area is 79.3 Å². The molecule has 0 saturated heterocycles. The van der Waals surface area contributed by atoms with Crippen LogP contribution in [0.5, 0.6) is 0 Å². The van der Waals surface area contributed by atoms with E-state index < -0.39 is 10.1 Å². The second-order valence-electron chi connectivity index (χ2n) is 1.56. The first-order chi connectivity index (χ1) is 5.10. The molecular weight excluding hydrogens is 204 g/mol. The number of rotatable bonds is 5. The molecule has 0 fully saturated rings. The Morgan fingerprint density at radius 1 is 1.09 bits per heavy atom. The largest absolute Gasteiger partial charge is 0.346 e. The van der Waals surface area contributed by atoms with Gasteiger partial charge in [-0.25, -0.2) is 0 Å². The van der Waals surface area contributed by atoms with E-state index in [-0.39, 0.29) is 0 Å². The van der Waals surface area contributed by atoms with Crippen LogP contribution in [0.15, 0.2) is 0 Å². The summed E-state index contributed by atoms with van der Waals surface area (Å²) in [4.78, 5) is 0. The zero-order valence-electron chi connectivity index (χ0n) is 6.60. The Morgan fingerprint density at radius 3 is 1.55 bits per heavy atom. The highest BCUT2D eigenvalue weighted by Gasteiger charge is 2.30. The molecule has 0 rings (SSSR count). The monoisotopic (exact) mass is 216 g/mol. The summed E-state index contributed by atoms with van der Waals surface area (Å²) in [6.07, 6.45) is 5.57. The summed E-state index contributed by atoms with van der Waals surface area (Å²) in [7, 11) is 0. The molecule has 0 heterocycles. The van der Waals surface area contributed by atoms with Crippen LogP contribution in [0, 0.1) is 0 Å². The third kappa shape index (κ3) is 3.91. The lowest BCUT2D eigenvalue weighted by molar-refractivity contribution is -0.233. The molecule has 3 nitrogen and oxygen atoms in total. The zero-order valence-corrected chi connectivity index (χ0v) is 9.05. The van der Waals surface area contributed by atoms with E-state index in [1.807, 2.05) is 18.8 Å². The van der Waals surface area contributed by atoms with E-state index in [1.165, 1.54) is 35.3 Å². The van der Waals surface area contributed by atoms with Crippen LogP contribution in [0.2, 0.25) is 0 Å². The van der Waals surface area contributed by atoms with Crippen molar-refractivity contribution in [2.75, 3.05) is 18.8 Å². The molecule has 0 aliphatic heterocycles. The molecule has 6 heteroatoms. The predicted molar refractivity (Wildman–Crippen MR) is 52.6 cm³/mol. The quantitative estimate of drug-likeness (QED) is 0.668. The number of hydrogen-bond donors (Lipinski definition) is 2. The summed E-state index contributed by atoms with van der Waals surface area (Å²) in [5.41, 5.74) is 0. The summed E-state index contributed by atoms with van der Waals surface area (Å²) in [5.74, 6) is 0. The number of hydrogen-bond acceptors (Lipinski definition) is 6. The van der Waals surface area contributed by atoms with Crippen molar-refractivity contribution in [2.24, 2.45) is 0 Å². The van der Waals surface area contributed by atoms with Gasteiger partial charge in [-0.1, -0.05) is 0 Å². The van der Waals surface area contributed by atoms with Crippen LogP contribution < -0.4 is 0 Å². The molecule has 0 bridgehead atoms. The Bertz CT molecular complexity index is 96.9. The summed E-state index contributed by atoms with van der Waals surface area (Å²) in [5, 5.41) is 17.1. The van der Waals surface area contributed by atoms with E-state index in [9.17, 15) is 0 Å². The lowest BCUT2D eigenvalue weighted by Gasteiger charge is -2.28. The Morgan fingerprint density at radius 2 is 1.45 bits per heavy atom. The van der Waals surface area contributed by atoms with Crippen LogP contribution in [0.1, 0.15) is 0 Å². The van der Waals surface area contributed by atoms with Crippen LogP contribution in [-0.2, 0) is 4.74 Å². The van der Waals surface area contributed by atoms with Gasteiger partial charge < -0.3 is 10.2 Å². The first-order valence-corrected chi connectivity index (χ1v) is 6.47. The first-order valence-electron chi connectivity index (χ1n) is 2.79. The molecule has 68 valence electrons. The van der Waals surface area contributed by atoms with Crippen molar-refractivity contribution in [1.82, 2.24) is 0 Å². The van der Waals surface area contributed by atoms with E-state index >= 15 is 0 Å². The topological polar surface area (TPSA) is 49.7 Å². The van der Waals surface area contributed by atoms with Gasteiger partial charge in [0.2, 0.25) is 3.60 Å². The number of thioether (sulfide) groups is 3. The molecule has 0 aliphatic carbocycles. The minimum atomic E-state index is -1.71. The lowest BCUT2D eigenvalue weighted by Crippen LogP contribution is -2.26. The molecule has 2 N–H and O–H groups in total. The summed E-state index contributed by atoms with van der Waals surface area (Å²) < 4.78 is 4.28. The minimum Gasteiger partial charge on any atom is -0.346 e. The molecule has 0 aromatic rings. The van der Waals surface area contributed by atoms with Crippen LogP contribution in [-0.4, -0.2) is 39.1 Å². The Hall–Kier alpha value is 0.930. The molecule has 0 spiro atoms. The first kappa shape index (κ1) is 11.9. The maximum absolute atomic E-state index is 8.57. The second-order valence-corrected chi connectivity index (χ2v) is 5.28. The smallest absolute Gasteiger partial charge is 0.269 e. The SMILES string of the molecule is CSC(OC(O)O)(SC)SC. The van der Waals surface area contributed by atoms with Gasteiger partial charge in [-0.05, 0) is 18.8 Å². The molecule has 0 aromatic carbocycles. The van der Waals surface area contributed by atoms with Gasteiger partial charge >= 0.3 is 0 Å². The van der Waals surface area contributed by atoms with E-state index in [0.29, 0.717) is 0 Å². The lowest BCUT2D eigenvalue weighted by atomic mass is 11.3. The fraction of sp³-hybridized carbons (Fsp3) is 1.00. The normalized spacial score (nSPS) is 12.5. The van der Waals surface area contributed by atoms with Gasteiger partial charge in [0.25, 0.3) is 6.48 Å². The van der Waals surface area contributed by atoms with Crippen LogP contribution >= 0.6 is 35.3 Å². The van der Waals surface area contributed by atoms with Crippen molar-refractivity contribution in [3.8, 4) is 0 Å². The molecule has 0 saturated carbocycles.